The van der Waals surface area contributed by atoms with Crippen LogP contribution in [0.15, 0.2) is 58.2 Å². The van der Waals surface area contributed by atoms with E-state index in [1.165, 1.54) is 6.26 Å². The molecule has 1 N–H and O–H groups in total. The quantitative estimate of drug-likeness (QED) is 0.785. The minimum absolute atomic E-state index is 0.258. The molecule has 6 heteroatoms. The Morgan fingerprint density at radius 3 is 2.85 bits per heavy atom. The van der Waals surface area contributed by atoms with Crippen LogP contribution in [0, 0.1) is 0 Å². The van der Waals surface area contributed by atoms with E-state index < -0.39 is 0 Å². The Morgan fingerprint density at radius 2 is 2.10 bits per heavy atom. The first-order chi connectivity index (χ1) is 9.84. The molecule has 0 atom stereocenters. The molecule has 0 radical (unpaired) electrons. The van der Waals surface area contributed by atoms with Gasteiger partial charge in [-0.05, 0) is 18.2 Å². The molecule has 0 saturated carbocycles. The Bertz CT molecular complexity index is 690. The SMILES string of the molecule is O=C(NCc1nccnc1-c1ccoc1)c1ccco1. The van der Waals surface area contributed by atoms with E-state index in [4.69, 9.17) is 8.83 Å². The third-order valence-corrected chi connectivity index (χ3v) is 2.73. The van der Waals surface area contributed by atoms with Gasteiger partial charge in [0.15, 0.2) is 5.76 Å². The van der Waals surface area contributed by atoms with E-state index >= 15 is 0 Å². The van der Waals surface area contributed by atoms with Crippen LogP contribution in [-0.4, -0.2) is 15.9 Å². The maximum absolute atomic E-state index is 11.8. The van der Waals surface area contributed by atoms with Crippen molar-refractivity contribution in [3.8, 4) is 11.3 Å². The van der Waals surface area contributed by atoms with Crippen LogP contribution in [-0.2, 0) is 6.54 Å². The van der Waals surface area contributed by atoms with Crippen molar-refractivity contribution >= 4 is 5.91 Å². The van der Waals surface area contributed by atoms with Gasteiger partial charge < -0.3 is 14.2 Å². The first-order valence-electron chi connectivity index (χ1n) is 5.99. The Balaban J connectivity index is 1.77. The lowest BCUT2D eigenvalue weighted by Gasteiger charge is -2.06. The van der Waals surface area contributed by atoms with Crippen LogP contribution < -0.4 is 5.32 Å². The molecule has 3 heterocycles. The van der Waals surface area contributed by atoms with Gasteiger partial charge in [-0.3, -0.25) is 14.8 Å². The van der Waals surface area contributed by atoms with Crippen molar-refractivity contribution in [1.29, 1.82) is 0 Å². The molecule has 0 fully saturated rings. The van der Waals surface area contributed by atoms with Gasteiger partial charge in [0.2, 0.25) is 0 Å². The minimum atomic E-state index is -0.293. The summed E-state index contributed by atoms with van der Waals surface area (Å²) in [6.07, 6.45) is 7.78. The van der Waals surface area contributed by atoms with E-state index in [1.54, 1.807) is 43.1 Å². The highest BCUT2D eigenvalue weighted by Gasteiger charge is 2.12. The van der Waals surface area contributed by atoms with Gasteiger partial charge in [0, 0.05) is 18.0 Å². The van der Waals surface area contributed by atoms with Crippen LogP contribution in [0.2, 0.25) is 0 Å². The Morgan fingerprint density at radius 1 is 1.20 bits per heavy atom. The zero-order valence-electron chi connectivity index (χ0n) is 10.4. The average molecular weight is 269 g/mol. The van der Waals surface area contributed by atoms with Gasteiger partial charge in [-0.2, -0.15) is 0 Å². The van der Waals surface area contributed by atoms with E-state index in [2.05, 4.69) is 15.3 Å². The Labute approximate surface area is 114 Å². The number of carbonyl (C=O) groups is 1. The molecular weight excluding hydrogens is 258 g/mol. The lowest BCUT2D eigenvalue weighted by Crippen LogP contribution is -2.23. The van der Waals surface area contributed by atoms with Crippen LogP contribution in [0.5, 0.6) is 0 Å². The van der Waals surface area contributed by atoms with Crippen LogP contribution in [0.1, 0.15) is 16.2 Å². The molecule has 3 aromatic rings. The monoisotopic (exact) mass is 269 g/mol. The van der Waals surface area contributed by atoms with Gasteiger partial charge >= 0.3 is 0 Å². The van der Waals surface area contributed by atoms with Crippen LogP contribution >= 0.6 is 0 Å². The molecule has 20 heavy (non-hydrogen) atoms. The maximum Gasteiger partial charge on any atom is 0.287 e. The standard InChI is InChI=1S/C14H11N3O3/c18-14(12-2-1-6-20-12)17-8-11-13(16-5-4-15-11)10-3-7-19-9-10/h1-7,9H,8H2,(H,17,18). The van der Waals surface area contributed by atoms with Crippen LogP contribution in [0.25, 0.3) is 11.3 Å². The van der Waals surface area contributed by atoms with Gasteiger partial charge in [0.05, 0.1) is 36.7 Å². The molecule has 0 saturated heterocycles. The van der Waals surface area contributed by atoms with Crippen LogP contribution in [0.3, 0.4) is 0 Å². The lowest BCUT2D eigenvalue weighted by molar-refractivity contribution is 0.0922. The summed E-state index contributed by atoms with van der Waals surface area (Å²) in [6, 6.07) is 5.05. The van der Waals surface area contributed by atoms with E-state index in [0.717, 1.165) is 5.56 Å². The third kappa shape index (κ3) is 2.44. The summed E-state index contributed by atoms with van der Waals surface area (Å²) < 4.78 is 10.1. The second-order valence-electron chi connectivity index (χ2n) is 4.02. The van der Waals surface area contributed by atoms with E-state index in [1.807, 2.05) is 0 Å². The first kappa shape index (κ1) is 12.2. The average Bonchev–Trinajstić information content (AvgIpc) is 3.17. The predicted octanol–water partition coefficient (Wildman–Crippen LogP) is 2.26. The Kier molecular flexibility index (Phi) is 3.28. The summed E-state index contributed by atoms with van der Waals surface area (Å²) in [5.74, 6) is -0.0300. The van der Waals surface area contributed by atoms with Crippen molar-refractivity contribution in [3.05, 3.63) is 60.8 Å². The topological polar surface area (TPSA) is 81.2 Å². The zero-order valence-corrected chi connectivity index (χ0v) is 10.4. The molecule has 0 unspecified atom stereocenters. The normalized spacial score (nSPS) is 10.4. The summed E-state index contributed by atoms with van der Waals surface area (Å²) in [5.41, 5.74) is 2.16. The number of amides is 1. The smallest absolute Gasteiger partial charge is 0.287 e. The number of furan rings is 2. The second kappa shape index (κ2) is 5.40. The summed E-state index contributed by atoms with van der Waals surface area (Å²) in [6.45, 7) is 0.258. The third-order valence-electron chi connectivity index (χ3n) is 2.73. The second-order valence-corrected chi connectivity index (χ2v) is 4.02. The summed E-state index contributed by atoms with van der Waals surface area (Å²) in [7, 11) is 0. The van der Waals surface area contributed by atoms with Gasteiger partial charge in [-0.15, -0.1) is 0 Å². The summed E-state index contributed by atoms with van der Waals surface area (Å²) in [4.78, 5) is 20.3. The number of rotatable bonds is 4. The molecule has 0 aliphatic heterocycles. The van der Waals surface area contributed by atoms with Gasteiger partial charge in [0.25, 0.3) is 5.91 Å². The fourth-order valence-electron chi connectivity index (χ4n) is 1.80. The molecule has 100 valence electrons. The van der Waals surface area contributed by atoms with Gasteiger partial charge in [-0.1, -0.05) is 0 Å². The predicted molar refractivity (Wildman–Crippen MR) is 69.6 cm³/mol. The zero-order chi connectivity index (χ0) is 13.8. The maximum atomic E-state index is 11.8. The van der Waals surface area contributed by atoms with Crippen molar-refractivity contribution in [3.63, 3.8) is 0 Å². The fraction of sp³-hybridized carbons (Fsp3) is 0.0714. The number of aromatic nitrogens is 2. The van der Waals surface area contributed by atoms with Crippen molar-refractivity contribution in [1.82, 2.24) is 15.3 Å². The summed E-state index contributed by atoms with van der Waals surface area (Å²) >= 11 is 0. The molecule has 0 aliphatic carbocycles. The first-order valence-corrected chi connectivity index (χ1v) is 5.99. The number of hydrogen-bond donors (Lipinski definition) is 1. The number of hydrogen-bond acceptors (Lipinski definition) is 5. The van der Waals surface area contributed by atoms with Crippen LogP contribution in [0.4, 0.5) is 0 Å². The number of nitrogens with one attached hydrogen (secondary N) is 1. The largest absolute Gasteiger partial charge is 0.472 e. The molecule has 1 amide bonds. The Hall–Kier alpha value is -2.89. The summed E-state index contributed by atoms with van der Waals surface area (Å²) in [5, 5.41) is 2.74. The minimum Gasteiger partial charge on any atom is -0.472 e. The van der Waals surface area contributed by atoms with Crippen molar-refractivity contribution in [2.24, 2.45) is 0 Å². The van der Waals surface area contributed by atoms with Crippen molar-refractivity contribution in [2.45, 2.75) is 6.54 Å². The molecule has 6 nitrogen and oxygen atoms in total. The molecule has 0 aromatic carbocycles. The molecule has 3 aromatic heterocycles. The van der Waals surface area contributed by atoms with Gasteiger partial charge in [-0.25, -0.2) is 0 Å². The molecular formula is C14H11N3O3. The highest BCUT2D eigenvalue weighted by atomic mass is 16.3. The molecule has 0 spiro atoms. The van der Waals surface area contributed by atoms with Gasteiger partial charge in [0.1, 0.15) is 0 Å². The number of nitrogens with zero attached hydrogens (tertiary/aromatic N) is 2. The molecule has 0 aliphatic rings. The van der Waals surface area contributed by atoms with Crippen molar-refractivity contribution in [2.75, 3.05) is 0 Å². The fourth-order valence-corrected chi connectivity index (χ4v) is 1.80. The van der Waals surface area contributed by atoms with E-state index in [9.17, 15) is 4.79 Å². The highest BCUT2D eigenvalue weighted by Crippen LogP contribution is 2.19. The van der Waals surface area contributed by atoms with E-state index in [0.29, 0.717) is 11.4 Å². The van der Waals surface area contributed by atoms with Crippen molar-refractivity contribution < 1.29 is 13.6 Å². The lowest BCUT2D eigenvalue weighted by atomic mass is 10.2. The molecule has 0 bridgehead atoms. The van der Waals surface area contributed by atoms with E-state index in [-0.39, 0.29) is 18.2 Å². The highest BCUT2D eigenvalue weighted by molar-refractivity contribution is 5.91. The number of carbonyl (C=O) groups excluding carboxylic acids is 1. The molecule has 3 rings (SSSR count).